The van der Waals surface area contributed by atoms with Crippen LogP contribution in [0, 0.1) is 0 Å². The van der Waals surface area contributed by atoms with Crippen LogP contribution in [-0.2, 0) is 13.1 Å². The molecule has 2 aromatic rings. The molecule has 1 aromatic heterocycles. The van der Waals surface area contributed by atoms with Crippen molar-refractivity contribution in [1.82, 2.24) is 10.3 Å². The zero-order valence-corrected chi connectivity index (χ0v) is 11.2. The van der Waals surface area contributed by atoms with E-state index in [1.165, 1.54) is 0 Å². The van der Waals surface area contributed by atoms with Crippen molar-refractivity contribution < 1.29 is 14.6 Å². The van der Waals surface area contributed by atoms with Gasteiger partial charge in [0.15, 0.2) is 0 Å². The van der Waals surface area contributed by atoms with E-state index in [9.17, 15) is 4.79 Å². The molecule has 0 amide bonds. The molecular weight excluding hydrogens is 256 g/mol. The molecule has 0 radical (unpaired) electrons. The van der Waals surface area contributed by atoms with E-state index in [0.29, 0.717) is 24.5 Å². The number of carboxylic acid groups (broad SMARTS) is 1. The fourth-order valence-corrected chi connectivity index (χ4v) is 1.90. The van der Waals surface area contributed by atoms with E-state index in [2.05, 4.69) is 10.3 Å². The highest BCUT2D eigenvalue weighted by atomic mass is 16.5. The van der Waals surface area contributed by atoms with Crippen molar-refractivity contribution in [2.75, 3.05) is 7.11 Å². The Balaban J connectivity index is 1.97. The van der Waals surface area contributed by atoms with Crippen molar-refractivity contribution in [1.29, 1.82) is 0 Å². The van der Waals surface area contributed by atoms with Gasteiger partial charge in [-0.3, -0.25) is 0 Å². The Hall–Kier alpha value is -2.40. The van der Waals surface area contributed by atoms with Gasteiger partial charge >= 0.3 is 5.97 Å². The number of benzene rings is 1. The summed E-state index contributed by atoms with van der Waals surface area (Å²) < 4.78 is 5.05. The maximum atomic E-state index is 11.1. The second kappa shape index (κ2) is 6.68. The lowest BCUT2D eigenvalue weighted by molar-refractivity contribution is 0.0695. The number of methoxy groups -OCH3 is 1. The molecule has 20 heavy (non-hydrogen) atoms. The highest BCUT2D eigenvalue weighted by Gasteiger charge is 2.08. The predicted molar refractivity (Wildman–Crippen MR) is 74.7 cm³/mol. The normalized spacial score (nSPS) is 10.2. The topological polar surface area (TPSA) is 71.5 Å². The van der Waals surface area contributed by atoms with Crippen molar-refractivity contribution in [2.45, 2.75) is 13.1 Å². The van der Waals surface area contributed by atoms with Crippen LogP contribution in [0.5, 0.6) is 5.88 Å². The number of aromatic nitrogens is 1. The Morgan fingerprint density at radius 3 is 2.85 bits per heavy atom. The average Bonchev–Trinajstić information content (AvgIpc) is 2.48. The number of carbonyl (C=O) groups is 1. The predicted octanol–water partition coefficient (Wildman–Crippen LogP) is 2.08. The molecule has 0 unspecified atom stereocenters. The molecule has 5 nitrogen and oxygen atoms in total. The molecule has 0 saturated heterocycles. The average molecular weight is 272 g/mol. The number of carboxylic acids is 1. The summed E-state index contributed by atoms with van der Waals surface area (Å²) >= 11 is 0. The lowest BCUT2D eigenvalue weighted by atomic mass is 10.1. The summed E-state index contributed by atoms with van der Waals surface area (Å²) in [6, 6.07) is 10.7. The molecule has 2 N–H and O–H groups in total. The lowest BCUT2D eigenvalue weighted by Crippen LogP contribution is -2.15. The first-order chi connectivity index (χ1) is 9.70. The third-order valence-electron chi connectivity index (χ3n) is 2.90. The minimum Gasteiger partial charge on any atom is -0.481 e. The number of rotatable bonds is 6. The second-order valence-electron chi connectivity index (χ2n) is 4.27. The van der Waals surface area contributed by atoms with E-state index in [1.807, 2.05) is 24.3 Å². The van der Waals surface area contributed by atoms with Crippen LogP contribution < -0.4 is 10.1 Å². The summed E-state index contributed by atoms with van der Waals surface area (Å²) in [5, 5.41) is 12.3. The molecule has 0 aliphatic heterocycles. The van der Waals surface area contributed by atoms with Gasteiger partial charge in [-0.1, -0.05) is 18.2 Å². The van der Waals surface area contributed by atoms with Crippen molar-refractivity contribution in [3.05, 3.63) is 59.3 Å². The van der Waals surface area contributed by atoms with Crippen LogP contribution in [0.3, 0.4) is 0 Å². The number of hydrogen-bond donors (Lipinski definition) is 2. The first-order valence-corrected chi connectivity index (χ1v) is 6.21. The summed E-state index contributed by atoms with van der Waals surface area (Å²) in [5.41, 5.74) is 2.12. The van der Waals surface area contributed by atoms with Gasteiger partial charge in [0, 0.05) is 25.4 Å². The van der Waals surface area contributed by atoms with E-state index >= 15 is 0 Å². The van der Waals surface area contributed by atoms with Gasteiger partial charge in [0.1, 0.15) is 0 Å². The Morgan fingerprint density at radius 2 is 2.10 bits per heavy atom. The number of nitrogens with zero attached hydrogens (tertiary/aromatic N) is 1. The summed E-state index contributed by atoms with van der Waals surface area (Å²) in [6.45, 7) is 1.11. The molecular formula is C15H16N2O3. The molecule has 0 aliphatic carbocycles. The molecule has 0 spiro atoms. The van der Waals surface area contributed by atoms with Crippen LogP contribution in [0.15, 0.2) is 42.6 Å². The molecule has 0 aliphatic rings. The van der Waals surface area contributed by atoms with Crippen LogP contribution in [-0.4, -0.2) is 23.2 Å². The summed E-state index contributed by atoms with van der Waals surface area (Å²) in [4.78, 5) is 15.1. The zero-order valence-electron chi connectivity index (χ0n) is 11.2. The van der Waals surface area contributed by atoms with Crippen molar-refractivity contribution in [3.8, 4) is 5.88 Å². The molecule has 1 heterocycles. The Kier molecular flexibility index (Phi) is 4.68. The maximum absolute atomic E-state index is 11.1. The quantitative estimate of drug-likeness (QED) is 0.842. The molecule has 0 bridgehead atoms. The number of ether oxygens (including phenoxy) is 1. The minimum absolute atomic E-state index is 0.326. The van der Waals surface area contributed by atoms with Gasteiger partial charge in [0.05, 0.1) is 12.7 Å². The van der Waals surface area contributed by atoms with E-state index in [0.717, 1.165) is 11.1 Å². The molecule has 2 rings (SSSR count). The first-order valence-electron chi connectivity index (χ1n) is 6.21. The minimum atomic E-state index is -0.909. The lowest BCUT2D eigenvalue weighted by Gasteiger charge is -2.08. The highest BCUT2D eigenvalue weighted by Crippen LogP contribution is 2.10. The van der Waals surface area contributed by atoms with Crippen molar-refractivity contribution in [3.63, 3.8) is 0 Å². The molecule has 1 aromatic carbocycles. The van der Waals surface area contributed by atoms with E-state index < -0.39 is 5.97 Å². The van der Waals surface area contributed by atoms with Crippen LogP contribution in [0.1, 0.15) is 21.5 Å². The van der Waals surface area contributed by atoms with E-state index in [-0.39, 0.29) is 0 Å². The molecule has 0 atom stereocenters. The Morgan fingerprint density at radius 1 is 1.30 bits per heavy atom. The SMILES string of the molecule is COc1cc(CNCc2ccccc2C(=O)O)ccn1. The summed E-state index contributed by atoms with van der Waals surface area (Å²) in [5.74, 6) is -0.344. The van der Waals surface area contributed by atoms with Gasteiger partial charge in [-0.15, -0.1) is 0 Å². The zero-order chi connectivity index (χ0) is 14.4. The van der Waals surface area contributed by atoms with Crippen molar-refractivity contribution >= 4 is 5.97 Å². The third kappa shape index (κ3) is 3.55. The fourth-order valence-electron chi connectivity index (χ4n) is 1.90. The number of hydrogen-bond acceptors (Lipinski definition) is 4. The molecule has 5 heteroatoms. The fraction of sp³-hybridized carbons (Fsp3) is 0.200. The number of aromatic carboxylic acids is 1. The van der Waals surface area contributed by atoms with Crippen LogP contribution in [0.25, 0.3) is 0 Å². The standard InChI is InChI=1S/C15H16N2O3/c1-20-14-8-11(6-7-17-14)9-16-10-12-4-2-3-5-13(12)15(18)19/h2-8,16H,9-10H2,1H3,(H,18,19). The smallest absolute Gasteiger partial charge is 0.336 e. The highest BCUT2D eigenvalue weighted by molar-refractivity contribution is 5.89. The Bertz CT molecular complexity index is 599. The number of nitrogens with one attached hydrogen (secondary N) is 1. The first kappa shape index (κ1) is 14.0. The third-order valence-corrected chi connectivity index (χ3v) is 2.90. The second-order valence-corrected chi connectivity index (χ2v) is 4.27. The molecule has 104 valence electrons. The van der Waals surface area contributed by atoms with Gasteiger partial charge in [-0.05, 0) is 23.3 Å². The van der Waals surface area contributed by atoms with Crippen LogP contribution >= 0.6 is 0 Å². The number of pyridine rings is 1. The van der Waals surface area contributed by atoms with Gasteiger partial charge < -0.3 is 15.2 Å². The van der Waals surface area contributed by atoms with Crippen LogP contribution in [0.4, 0.5) is 0 Å². The molecule has 0 fully saturated rings. The van der Waals surface area contributed by atoms with Crippen molar-refractivity contribution in [2.24, 2.45) is 0 Å². The summed E-state index contributed by atoms with van der Waals surface area (Å²) in [7, 11) is 1.57. The van der Waals surface area contributed by atoms with Crippen LogP contribution in [0.2, 0.25) is 0 Å². The van der Waals surface area contributed by atoms with E-state index in [4.69, 9.17) is 9.84 Å². The summed E-state index contributed by atoms with van der Waals surface area (Å²) in [6.07, 6.45) is 1.68. The molecule has 0 saturated carbocycles. The van der Waals surface area contributed by atoms with Gasteiger partial charge in [0.2, 0.25) is 5.88 Å². The monoisotopic (exact) mass is 272 g/mol. The maximum Gasteiger partial charge on any atom is 0.336 e. The van der Waals surface area contributed by atoms with E-state index in [1.54, 1.807) is 25.4 Å². The largest absolute Gasteiger partial charge is 0.481 e. The van der Waals surface area contributed by atoms with Gasteiger partial charge in [-0.25, -0.2) is 9.78 Å². The van der Waals surface area contributed by atoms with Gasteiger partial charge in [0.25, 0.3) is 0 Å². The van der Waals surface area contributed by atoms with Gasteiger partial charge in [-0.2, -0.15) is 0 Å². The Labute approximate surface area is 117 Å².